The molecule has 142 valence electrons. The van der Waals surface area contributed by atoms with Gasteiger partial charge in [-0.3, -0.25) is 10.1 Å². The van der Waals surface area contributed by atoms with E-state index in [9.17, 15) is 0 Å². The van der Waals surface area contributed by atoms with Crippen molar-refractivity contribution in [3.63, 3.8) is 0 Å². The molecular formula is C21H18N8. The third-order valence-corrected chi connectivity index (χ3v) is 5.14. The van der Waals surface area contributed by atoms with Gasteiger partial charge in [0.15, 0.2) is 0 Å². The Kier molecular flexibility index (Phi) is 3.49. The quantitative estimate of drug-likeness (QED) is 0.363. The largest absolute Gasteiger partial charge is 0.367 e. The Morgan fingerprint density at radius 2 is 1.93 bits per heavy atom. The Morgan fingerprint density at radius 1 is 1.03 bits per heavy atom. The zero-order valence-corrected chi connectivity index (χ0v) is 15.5. The smallest absolute Gasteiger partial charge is 0.231 e. The predicted octanol–water partition coefficient (Wildman–Crippen LogP) is 4.21. The Bertz CT molecular complexity index is 1320. The average Bonchev–Trinajstić information content (AvgIpc) is 3.26. The van der Waals surface area contributed by atoms with Crippen molar-refractivity contribution in [3.8, 4) is 11.1 Å². The van der Waals surface area contributed by atoms with E-state index in [1.165, 1.54) is 12.8 Å². The summed E-state index contributed by atoms with van der Waals surface area (Å²) in [5, 5.41) is 16.0. The van der Waals surface area contributed by atoms with E-state index >= 15 is 0 Å². The molecule has 0 spiro atoms. The number of benzene rings is 1. The number of hydrogen-bond acceptors (Lipinski definition) is 6. The fourth-order valence-corrected chi connectivity index (χ4v) is 3.52. The van der Waals surface area contributed by atoms with Gasteiger partial charge in [0.1, 0.15) is 11.5 Å². The molecule has 0 amide bonds. The van der Waals surface area contributed by atoms with Gasteiger partial charge in [-0.2, -0.15) is 15.1 Å². The van der Waals surface area contributed by atoms with Crippen LogP contribution >= 0.6 is 0 Å². The molecule has 1 fully saturated rings. The summed E-state index contributed by atoms with van der Waals surface area (Å²) in [5.41, 5.74) is 4.81. The van der Waals surface area contributed by atoms with E-state index in [2.05, 4.69) is 30.8 Å². The molecule has 0 unspecified atom stereocenters. The average molecular weight is 382 g/mol. The second kappa shape index (κ2) is 6.30. The van der Waals surface area contributed by atoms with Crippen LogP contribution < -0.4 is 10.6 Å². The Morgan fingerprint density at radius 3 is 2.79 bits per heavy atom. The van der Waals surface area contributed by atoms with Crippen molar-refractivity contribution >= 4 is 39.4 Å². The van der Waals surface area contributed by atoms with Crippen molar-refractivity contribution in [2.45, 2.75) is 18.9 Å². The molecule has 4 aromatic heterocycles. The van der Waals surface area contributed by atoms with E-state index in [1.807, 2.05) is 36.5 Å². The van der Waals surface area contributed by atoms with Crippen LogP contribution in [0.2, 0.25) is 0 Å². The van der Waals surface area contributed by atoms with Crippen LogP contribution in [0.25, 0.3) is 33.1 Å². The molecule has 29 heavy (non-hydrogen) atoms. The van der Waals surface area contributed by atoms with Crippen molar-refractivity contribution in [1.82, 2.24) is 30.1 Å². The zero-order chi connectivity index (χ0) is 19.2. The molecule has 0 atom stereocenters. The Labute approximate surface area is 165 Å². The summed E-state index contributed by atoms with van der Waals surface area (Å²) in [6.45, 7) is 0. The lowest BCUT2D eigenvalue weighted by Crippen LogP contribution is -2.07. The van der Waals surface area contributed by atoms with Gasteiger partial charge in [0, 0.05) is 41.3 Å². The molecule has 8 nitrogen and oxygen atoms in total. The molecule has 5 aromatic rings. The molecular weight excluding hydrogens is 364 g/mol. The van der Waals surface area contributed by atoms with Crippen LogP contribution in [-0.4, -0.2) is 36.2 Å². The lowest BCUT2D eigenvalue weighted by Gasteiger charge is -2.11. The molecule has 0 radical (unpaired) electrons. The highest BCUT2D eigenvalue weighted by atomic mass is 15.2. The third kappa shape index (κ3) is 2.94. The summed E-state index contributed by atoms with van der Waals surface area (Å²) >= 11 is 0. The number of aromatic amines is 2. The van der Waals surface area contributed by atoms with Crippen LogP contribution in [-0.2, 0) is 0 Å². The van der Waals surface area contributed by atoms with Crippen LogP contribution in [0, 0.1) is 0 Å². The van der Waals surface area contributed by atoms with Crippen molar-refractivity contribution in [2.24, 2.45) is 0 Å². The standard InChI is InChI=1S/C21H18N8/c1-2-15(9-17-13(1)10-24-29-17)26-21-27-19-18(20(28-21)25-14-3-4-14)16(11-23-19)12-5-7-22-8-6-12/h1-2,5-11,14H,3-4H2,(H,24,29)(H3,23,25,26,27,28). The van der Waals surface area contributed by atoms with Gasteiger partial charge in [-0.1, -0.05) is 0 Å². The summed E-state index contributed by atoms with van der Waals surface area (Å²) in [6, 6.07) is 10.5. The SMILES string of the molecule is c1cc(-c2c[nH]c3nc(Nc4ccc5cn[nH]c5c4)nc(NC4CC4)c23)ccn1. The third-order valence-electron chi connectivity index (χ3n) is 5.14. The maximum atomic E-state index is 4.81. The highest BCUT2D eigenvalue weighted by molar-refractivity contribution is 6.01. The van der Waals surface area contributed by atoms with Crippen molar-refractivity contribution in [3.05, 3.63) is 55.1 Å². The van der Waals surface area contributed by atoms with Crippen molar-refractivity contribution in [2.75, 3.05) is 10.6 Å². The summed E-state index contributed by atoms with van der Waals surface area (Å²) in [6.07, 6.45) is 9.71. The first kappa shape index (κ1) is 16.1. The van der Waals surface area contributed by atoms with Crippen LogP contribution in [0.5, 0.6) is 0 Å². The minimum Gasteiger partial charge on any atom is -0.367 e. The lowest BCUT2D eigenvalue weighted by molar-refractivity contribution is 1.10. The van der Waals surface area contributed by atoms with E-state index in [1.54, 1.807) is 18.6 Å². The molecule has 0 saturated heterocycles. The second-order valence-corrected chi connectivity index (χ2v) is 7.27. The minimum atomic E-state index is 0.475. The van der Waals surface area contributed by atoms with Crippen molar-refractivity contribution in [1.29, 1.82) is 0 Å². The van der Waals surface area contributed by atoms with Crippen LogP contribution in [0.4, 0.5) is 17.5 Å². The van der Waals surface area contributed by atoms with E-state index in [4.69, 9.17) is 9.97 Å². The van der Waals surface area contributed by atoms with Crippen LogP contribution in [0.15, 0.2) is 55.1 Å². The van der Waals surface area contributed by atoms with E-state index in [-0.39, 0.29) is 0 Å². The van der Waals surface area contributed by atoms with E-state index in [0.29, 0.717) is 12.0 Å². The van der Waals surface area contributed by atoms with Gasteiger partial charge in [0.2, 0.25) is 5.95 Å². The molecule has 0 bridgehead atoms. The fraction of sp³-hybridized carbons (Fsp3) is 0.143. The summed E-state index contributed by atoms with van der Waals surface area (Å²) < 4.78 is 0. The highest BCUT2D eigenvalue weighted by Gasteiger charge is 2.24. The predicted molar refractivity (Wildman–Crippen MR) is 113 cm³/mol. The van der Waals surface area contributed by atoms with Gasteiger partial charge in [0.25, 0.3) is 0 Å². The van der Waals surface area contributed by atoms with E-state index < -0.39 is 0 Å². The first-order chi connectivity index (χ1) is 14.3. The number of hydrogen-bond donors (Lipinski definition) is 4. The molecule has 4 N–H and O–H groups in total. The van der Waals surface area contributed by atoms with Gasteiger partial charge in [-0.05, 0) is 48.7 Å². The molecule has 8 heteroatoms. The summed E-state index contributed by atoms with van der Waals surface area (Å²) in [4.78, 5) is 16.9. The lowest BCUT2D eigenvalue weighted by atomic mass is 10.1. The summed E-state index contributed by atoms with van der Waals surface area (Å²) in [7, 11) is 0. The monoisotopic (exact) mass is 382 g/mol. The maximum Gasteiger partial charge on any atom is 0.231 e. The molecule has 4 heterocycles. The molecule has 1 aliphatic carbocycles. The molecule has 1 aromatic carbocycles. The number of aromatic nitrogens is 6. The Hall–Kier alpha value is -3.94. The fourth-order valence-electron chi connectivity index (χ4n) is 3.52. The highest BCUT2D eigenvalue weighted by Crippen LogP contribution is 2.35. The molecule has 6 rings (SSSR count). The normalized spacial score (nSPS) is 13.8. The topological polar surface area (TPSA) is 107 Å². The number of nitrogens with one attached hydrogen (secondary N) is 4. The van der Waals surface area contributed by atoms with Gasteiger partial charge >= 0.3 is 0 Å². The molecule has 1 saturated carbocycles. The summed E-state index contributed by atoms with van der Waals surface area (Å²) in [5.74, 6) is 1.39. The van der Waals surface area contributed by atoms with Crippen LogP contribution in [0.1, 0.15) is 12.8 Å². The van der Waals surface area contributed by atoms with Crippen LogP contribution in [0.3, 0.4) is 0 Å². The maximum absolute atomic E-state index is 4.81. The minimum absolute atomic E-state index is 0.475. The first-order valence-electron chi connectivity index (χ1n) is 9.60. The van der Waals surface area contributed by atoms with Crippen molar-refractivity contribution < 1.29 is 0 Å². The van der Waals surface area contributed by atoms with Gasteiger partial charge in [-0.25, -0.2) is 0 Å². The van der Waals surface area contributed by atoms with E-state index in [0.717, 1.165) is 44.6 Å². The van der Waals surface area contributed by atoms with Gasteiger partial charge in [0.05, 0.1) is 17.1 Å². The molecule has 1 aliphatic rings. The second-order valence-electron chi connectivity index (χ2n) is 7.27. The number of H-pyrrole nitrogens is 2. The van der Waals surface area contributed by atoms with Gasteiger partial charge in [-0.15, -0.1) is 0 Å². The Balaban J connectivity index is 1.44. The van der Waals surface area contributed by atoms with Gasteiger partial charge < -0.3 is 15.6 Å². The number of rotatable bonds is 5. The number of anilines is 3. The number of pyridine rings is 1. The number of fused-ring (bicyclic) bond motifs is 2. The molecule has 0 aliphatic heterocycles. The first-order valence-corrected chi connectivity index (χ1v) is 9.60. The zero-order valence-electron chi connectivity index (χ0n) is 15.5. The number of nitrogens with zero attached hydrogens (tertiary/aromatic N) is 4.